The predicted molar refractivity (Wildman–Crippen MR) is 106 cm³/mol. The van der Waals surface area contributed by atoms with Crippen molar-refractivity contribution >= 4 is 0 Å². The van der Waals surface area contributed by atoms with Crippen molar-refractivity contribution in [1.29, 1.82) is 0 Å². The molecule has 0 fully saturated rings. The van der Waals surface area contributed by atoms with E-state index in [0.29, 0.717) is 6.04 Å². The Balaban J connectivity index is 1.88. The number of hydrogen-bond donors (Lipinski definition) is 0. The zero-order valence-corrected chi connectivity index (χ0v) is 16.5. The number of hydrogen-bond acceptors (Lipinski definition) is 0. The average molecular weight is 333 g/mol. The van der Waals surface area contributed by atoms with Gasteiger partial charge in [-0.3, -0.25) is 0 Å². The summed E-state index contributed by atoms with van der Waals surface area (Å²) in [7, 11) is 0. The molecule has 0 aromatic carbocycles. The van der Waals surface area contributed by atoms with Crippen LogP contribution >= 0.6 is 0 Å². The second kappa shape index (κ2) is 15.7. The Morgan fingerprint density at radius 2 is 1.04 bits per heavy atom. The molecule has 0 saturated heterocycles. The van der Waals surface area contributed by atoms with E-state index in [4.69, 9.17) is 0 Å². The minimum absolute atomic E-state index is 0.693. The molecule has 0 bridgehead atoms. The van der Waals surface area contributed by atoms with Crippen LogP contribution in [0.1, 0.15) is 116 Å². The molecule has 0 aliphatic heterocycles. The van der Waals surface area contributed by atoms with Crippen molar-refractivity contribution in [2.24, 2.45) is 0 Å². The summed E-state index contributed by atoms with van der Waals surface area (Å²) in [5.41, 5.74) is 0. The molecule has 1 heteroatoms. The highest BCUT2D eigenvalue weighted by Gasteiger charge is 2.14. The van der Waals surface area contributed by atoms with Gasteiger partial charge in [-0.25, -0.2) is 4.57 Å². The molecule has 0 radical (unpaired) electrons. The van der Waals surface area contributed by atoms with Gasteiger partial charge in [0.15, 0.2) is 18.4 Å². The second-order valence-corrected chi connectivity index (χ2v) is 7.42. The molecule has 138 valence electrons. The zero-order valence-electron chi connectivity index (χ0n) is 16.5. The van der Waals surface area contributed by atoms with Gasteiger partial charge in [-0.05, 0) is 6.42 Å². The average Bonchev–Trinajstić information content (AvgIpc) is 2.63. The highest BCUT2D eigenvalue weighted by Crippen LogP contribution is 2.16. The lowest BCUT2D eigenvalue weighted by Crippen LogP contribution is -2.38. The van der Waals surface area contributed by atoms with Gasteiger partial charge in [-0.15, -0.1) is 0 Å². The van der Waals surface area contributed by atoms with E-state index >= 15 is 0 Å². The minimum atomic E-state index is 0.693. The van der Waals surface area contributed by atoms with E-state index in [-0.39, 0.29) is 0 Å². The maximum atomic E-state index is 2.39. The van der Waals surface area contributed by atoms with Gasteiger partial charge in [0.1, 0.15) is 0 Å². The first-order valence-corrected chi connectivity index (χ1v) is 10.8. The molecule has 24 heavy (non-hydrogen) atoms. The molecule has 0 aliphatic carbocycles. The van der Waals surface area contributed by atoms with Gasteiger partial charge in [0, 0.05) is 25.0 Å². The molecule has 1 atom stereocenters. The minimum Gasteiger partial charge on any atom is -0.202 e. The van der Waals surface area contributed by atoms with Crippen LogP contribution < -0.4 is 4.57 Å². The fraction of sp³-hybridized carbons (Fsp3) is 0.783. The number of rotatable bonds is 16. The lowest BCUT2D eigenvalue weighted by Gasteiger charge is -2.10. The standard InChI is InChI=1S/C23H42N/c1-3-5-6-7-8-9-10-11-12-13-14-15-17-20-23(4-2)24-21-18-16-19-22-24/h16,18-19,21-23H,3-15,17,20H2,1-2H3/q+1. The van der Waals surface area contributed by atoms with E-state index in [9.17, 15) is 0 Å². The Kier molecular flexibility index (Phi) is 13.8. The maximum Gasteiger partial charge on any atom is 0.169 e. The van der Waals surface area contributed by atoms with Crippen LogP contribution in [0.4, 0.5) is 0 Å². The van der Waals surface area contributed by atoms with E-state index in [1.54, 1.807) is 0 Å². The maximum absolute atomic E-state index is 2.39. The molecular formula is C23H42N+. The first-order chi connectivity index (χ1) is 11.9. The number of nitrogens with zero attached hydrogens (tertiary/aromatic N) is 1. The summed E-state index contributed by atoms with van der Waals surface area (Å²) in [5, 5.41) is 0. The summed E-state index contributed by atoms with van der Waals surface area (Å²) >= 11 is 0. The molecule has 0 spiro atoms. The summed E-state index contributed by atoms with van der Waals surface area (Å²) in [4.78, 5) is 0. The van der Waals surface area contributed by atoms with Crippen LogP contribution in [0.5, 0.6) is 0 Å². The summed E-state index contributed by atoms with van der Waals surface area (Å²) in [6, 6.07) is 7.09. The van der Waals surface area contributed by atoms with Gasteiger partial charge >= 0.3 is 0 Å². The summed E-state index contributed by atoms with van der Waals surface area (Å²) in [6.07, 6.45) is 25.7. The molecule has 1 nitrogen and oxygen atoms in total. The molecule has 1 unspecified atom stereocenters. The quantitative estimate of drug-likeness (QED) is 0.219. The predicted octanol–water partition coefficient (Wildman–Crippen LogP) is 7.41. The van der Waals surface area contributed by atoms with E-state index in [1.807, 2.05) is 0 Å². The number of unbranched alkanes of at least 4 members (excludes halogenated alkanes) is 12. The molecule has 1 heterocycles. The van der Waals surface area contributed by atoms with Gasteiger partial charge in [-0.1, -0.05) is 97.0 Å². The second-order valence-electron chi connectivity index (χ2n) is 7.42. The zero-order chi connectivity index (χ0) is 17.3. The van der Waals surface area contributed by atoms with Crippen LogP contribution in [-0.2, 0) is 0 Å². The van der Waals surface area contributed by atoms with Crippen LogP contribution in [0.3, 0.4) is 0 Å². The van der Waals surface area contributed by atoms with Crippen molar-refractivity contribution in [2.45, 2.75) is 116 Å². The fourth-order valence-corrected chi connectivity index (χ4v) is 3.62. The Hall–Kier alpha value is -0.850. The number of pyridine rings is 1. The van der Waals surface area contributed by atoms with Gasteiger partial charge in [0.05, 0.1) is 0 Å². The third-order valence-electron chi connectivity index (χ3n) is 5.27. The van der Waals surface area contributed by atoms with Gasteiger partial charge in [0.25, 0.3) is 0 Å². The van der Waals surface area contributed by atoms with Crippen molar-refractivity contribution in [2.75, 3.05) is 0 Å². The van der Waals surface area contributed by atoms with Crippen molar-refractivity contribution in [3.63, 3.8) is 0 Å². The summed E-state index contributed by atoms with van der Waals surface area (Å²) in [5.74, 6) is 0. The number of aromatic nitrogens is 1. The van der Waals surface area contributed by atoms with Crippen molar-refractivity contribution in [1.82, 2.24) is 0 Å². The SMILES string of the molecule is CCCCCCCCCCCCCCCC(CC)[n+]1ccccc1. The van der Waals surface area contributed by atoms with E-state index in [1.165, 1.54) is 96.3 Å². The van der Waals surface area contributed by atoms with E-state index in [0.717, 1.165) is 0 Å². The third kappa shape index (κ3) is 10.8. The first kappa shape index (κ1) is 21.2. The largest absolute Gasteiger partial charge is 0.202 e. The molecule has 0 saturated carbocycles. The molecule has 1 aromatic rings. The molecule has 1 rings (SSSR count). The molecule has 0 amide bonds. The van der Waals surface area contributed by atoms with Crippen molar-refractivity contribution in [3.05, 3.63) is 30.6 Å². The van der Waals surface area contributed by atoms with Crippen molar-refractivity contribution < 1.29 is 4.57 Å². The van der Waals surface area contributed by atoms with E-state index in [2.05, 4.69) is 49.0 Å². The Bertz CT molecular complexity index is 360. The van der Waals surface area contributed by atoms with Crippen LogP contribution in [-0.4, -0.2) is 0 Å². The highest BCUT2D eigenvalue weighted by atomic mass is 15.0. The smallest absolute Gasteiger partial charge is 0.169 e. The van der Waals surface area contributed by atoms with Gasteiger partial charge in [0.2, 0.25) is 0 Å². The molecule has 0 N–H and O–H groups in total. The third-order valence-corrected chi connectivity index (χ3v) is 5.27. The summed E-state index contributed by atoms with van der Waals surface area (Å²) < 4.78 is 2.39. The van der Waals surface area contributed by atoms with Crippen LogP contribution in [0.15, 0.2) is 30.6 Å². The summed E-state index contributed by atoms with van der Waals surface area (Å²) in [6.45, 7) is 4.61. The van der Waals surface area contributed by atoms with Crippen LogP contribution in [0, 0.1) is 0 Å². The first-order valence-electron chi connectivity index (χ1n) is 10.8. The topological polar surface area (TPSA) is 3.88 Å². The van der Waals surface area contributed by atoms with Gasteiger partial charge < -0.3 is 0 Å². The Labute approximate surface area is 151 Å². The van der Waals surface area contributed by atoms with Crippen LogP contribution in [0.2, 0.25) is 0 Å². The lowest BCUT2D eigenvalue weighted by molar-refractivity contribution is -0.724. The Morgan fingerprint density at radius 1 is 0.583 bits per heavy atom. The Morgan fingerprint density at radius 3 is 1.50 bits per heavy atom. The van der Waals surface area contributed by atoms with Gasteiger partial charge in [-0.2, -0.15) is 0 Å². The normalized spacial score (nSPS) is 12.4. The molecule has 1 aromatic heterocycles. The lowest BCUT2D eigenvalue weighted by atomic mass is 10.0. The monoisotopic (exact) mass is 332 g/mol. The molecule has 0 aliphatic rings. The van der Waals surface area contributed by atoms with Crippen molar-refractivity contribution in [3.8, 4) is 0 Å². The highest BCUT2D eigenvalue weighted by molar-refractivity contribution is 4.84. The van der Waals surface area contributed by atoms with Crippen LogP contribution in [0.25, 0.3) is 0 Å². The fourth-order valence-electron chi connectivity index (χ4n) is 3.62. The van der Waals surface area contributed by atoms with E-state index < -0.39 is 0 Å². The molecular weight excluding hydrogens is 290 g/mol.